The summed E-state index contributed by atoms with van der Waals surface area (Å²) in [6.07, 6.45) is 3.62. The molecule has 1 aliphatic heterocycles. The molecule has 1 saturated heterocycles. The summed E-state index contributed by atoms with van der Waals surface area (Å²) in [5, 5.41) is 0. The van der Waals surface area contributed by atoms with Crippen LogP contribution < -0.4 is 0 Å². The van der Waals surface area contributed by atoms with Crippen molar-refractivity contribution in [1.82, 2.24) is 9.80 Å². The van der Waals surface area contributed by atoms with Gasteiger partial charge in [0.2, 0.25) is 11.7 Å². The maximum atomic E-state index is 11.9. The Balaban J connectivity index is 1.47. The summed E-state index contributed by atoms with van der Waals surface area (Å²) >= 11 is 0. The molecular formula is C14H18N2O3. The van der Waals surface area contributed by atoms with Gasteiger partial charge >= 0.3 is 0 Å². The van der Waals surface area contributed by atoms with Gasteiger partial charge in [-0.15, -0.1) is 0 Å². The molecule has 5 heteroatoms. The molecule has 0 N–H and O–H groups in total. The van der Waals surface area contributed by atoms with E-state index >= 15 is 0 Å². The number of Topliss-reactive ketones (excluding diaryl/α,β-unsaturated/α-hetero) is 1. The molecule has 1 aromatic rings. The highest BCUT2D eigenvalue weighted by Crippen LogP contribution is 2.31. The third kappa shape index (κ3) is 2.87. The number of ketones is 1. The zero-order valence-corrected chi connectivity index (χ0v) is 10.9. The molecule has 1 aromatic heterocycles. The molecule has 102 valence electrons. The fraction of sp³-hybridized carbons (Fsp3) is 0.571. The van der Waals surface area contributed by atoms with Crippen molar-refractivity contribution in [1.29, 1.82) is 0 Å². The van der Waals surface area contributed by atoms with E-state index in [2.05, 4.69) is 4.90 Å². The van der Waals surface area contributed by atoms with Crippen LogP contribution in [0.1, 0.15) is 23.4 Å². The first-order valence-electron chi connectivity index (χ1n) is 6.82. The number of amides is 1. The van der Waals surface area contributed by atoms with Crippen molar-refractivity contribution in [2.75, 3.05) is 32.7 Å². The fourth-order valence-electron chi connectivity index (χ4n) is 2.43. The molecule has 5 nitrogen and oxygen atoms in total. The van der Waals surface area contributed by atoms with E-state index in [0.717, 1.165) is 39.0 Å². The molecule has 0 aromatic carbocycles. The van der Waals surface area contributed by atoms with Gasteiger partial charge in [0.15, 0.2) is 5.76 Å². The van der Waals surface area contributed by atoms with E-state index in [1.807, 2.05) is 4.90 Å². The summed E-state index contributed by atoms with van der Waals surface area (Å²) in [6.45, 7) is 3.39. The molecular weight excluding hydrogens is 244 g/mol. The van der Waals surface area contributed by atoms with E-state index in [-0.39, 0.29) is 11.7 Å². The van der Waals surface area contributed by atoms with E-state index in [0.29, 0.717) is 18.2 Å². The summed E-state index contributed by atoms with van der Waals surface area (Å²) in [6, 6.07) is 3.41. The summed E-state index contributed by atoms with van der Waals surface area (Å²) in [5.74, 6) is 1.01. The van der Waals surface area contributed by atoms with Gasteiger partial charge in [0.05, 0.1) is 12.8 Å². The van der Waals surface area contributed by atoms with Crippen molar-refractivity contribution in [2.24, 2.45) is 5.92 Å². The van der Waals surface area contributed by atoms with Crippen LogP contribution in [0.4, 0.5) is 0 Å². The number of hydrogen-bond acceptors (Lipinski definition) is 4. The second kappa shape index (κ2) is 5.17. The van der Waals surface area contributed by atoms with Gasteiger partial charge in [0, 0.05) is 32.1 Å². The second-order valence-electron chi connectivity index (χ2n) is 5.28. The average molecular weight is 262 g/mol. The summed E-state index contributed by atoms with van der Waals surface area (Å²) < 4.78 is 5.10. The summed E-state index contributed by atoms with van der Waals surface area (Å²) in [7, 11) is 0. The summed E-state index contributed by atoms with van der Waals surface area (Å²) in [5.41, 5.74) is 0. The van der Waals surface area contributed by atoms with Gasteiger partial charge < -0.3 is 9.32 Å². The first-order valence-corrected chi connectivity index (χ1v) is 6.82. The van der Waals surface area contributed by atoms with Crippen LogP contribution >= 0.6 is 0 Å². The molecule has 1 amide bonds. The van der Waals surface area contributed by atoms with Crippen LogP contribution in [0.5, 0.6) is 0 Å². The quantitative estimate of drug-likeness (QED) is 0.760. The normalized spacial score (nSPS) is 20.5. The molecule has 19 heavy (non-hydrogen) atoms. The standard InChI is InChI=1S/C14H18N2O3/c17-12(13-2-1-9-19-13)10-15-5-7-16(8-6-15)14(18)11-3-4-11/h1-2,9,11H,3-8,10H2. The minimum Gasteiger partial charge on any atom is -0.461 e. The van der Waals surface area contributed by atoms with E-state index in [1.165, 1.54) is 6.26 Å². The van der Waals surface area contributed by atoms with Gasteiger partial charge in [-0.25, -0.2) is 0 Å². The van der Waals surface area contributed by atoms with Crippen LogP contribution in [0, 0.1) is 5.92 Å². The third-order valence-electron chi connectivity index (χ3n) is 3.77. The molecule has 2 heterocycles. The molecule has 0 unspecified atom stereocenters. The lowest BCUT2D eigenvalue weighted by atomic mass is 10.2. The second-order valence-corrected chi connectivity index (χ2v) is 5.28. The molecule has 2 aliphatic rings. The van der Waals surface area contributed by atoms with E-state index in [1.54, 1.807) is 12.1 Å². The Morgan fingerprint density at radius 3 is 2.53 bits per heavy atom. The topological polar surface area (TPSA) is 53.8 Å². The molecule has 1 aliphatic carbocycles. The highest BCUT2D eigenvalue weighted by Gasteiger charge is 2.34. The summed E-state index contributed by atoms with van der Waals surface area (Å²) in [4.78, 5) is 27.8. The van der Waals surface area contributed by atoms with Crippen LogP contribution in [0.3, 0.4) is 0 Å². The lowest BCUT2D eigenvalue weighted by Gasteiger charge is -2.34. The van der Waals surface area contributed by atoms with E-state index in [9.17, 15) is 9.59 Å². The number of furan rings is 1. The van der Waals surface area contributed by atoms with Crippen molar-refractivity contribution in [3.05, 3.63) is 24.2 Å². The SMILES string of the molecule is O=C(CN1CCN(C(=O)C2CC2)CC1)c1ccco1. The smallest absolute Gasteiger partial charge is 0.225 e. The molecule has 0 radical (unpaired) electrons. The first-order chi connectivity index (χ1) is 9.24. The molecule has 2 fully saturated rings. The zero-order valence-electron chi connectivity index (χ0n) is 10.9. The maximum Gasteiger partial charge on any atom is 0.225 e. The lowest BCUT2D eigenvalue weighted by molar-refractivity contribution is -0.134. The predicted octanol–water partition coefficient (Wildman–Crippen LogP) is 1.02. The van der Waals surface area contributed by atoms with Gasteiger partial charge in [0.25, 0.3) is 0 Å². The molecule has 0 bridgehead atoms. The zero-order chi connectivity index (χ0) is 13.2. The minimum atomic E-state index is 0.00645. The first kappa shape index (κ1) is 12.4. The highest BCUT2D eigenvalue weighted by atomic mass is 16.3. The van der Waals surface area contributed by atoms with Crippen LogP contribution in [-0.4, -0.2) is 54.2 Å². The number of hydrogen-bond donors (Lipinski definition) is 0. The molecule has 0 atom stereocenters. The van der Waals surface area contributed by atoms with Crippen molar-refractivity contribution >= 4 is 11.7 Å². The lowest BCUT2D eigenvalue weighted by Crippen LogP contribution is -2.50. The van der Waals surface area contributed by atoms with Crippen LogP contribution in [0.25, 0.3) is 0 Å². The average Bonchev–Trinajstić information content (AvgIpc) is 3.13. The van der Waals surface area contributed by atoms with Gasteiger partial charge in [-0.2, -0.15) is 0 Å². The molecule has 1 saturated carbocycles. The highest BCUT2D eigenvalue weighted by molar-refractivity contribution is 5.95. The Labute approximate surface area is 112 Å². The Kier molecular flexibility index (Phi) is 3.38. The molecule has 3 rings (SSSR count). The number of rotatable bonds is 4. The van der Waals surface area contributed by atoms with Crippen LogP contribution in [-0.2, 0) is 4.79 Å². The van der Waals surface area contributed by atoms with Gasteiger partial charge in [-0.3, -0.25) is 14.5 Å². The van der Waals surface area contributed by atoms with E-state index in [4.69, 9.17) is 4.42 Å². The van der Waals surface area contributed by atoms with Crippen LogP contribution in [0.15, 0.2) is 22.8 Å². The largest absolute Gasteiger partial charge is 0.461 e. The monoisotopic (exact) mass is 262 g/mol. The van der Waals surface area contributed by atoms with Crippen molar-refractivity contribution in [2.45, 2.75) is 12.8 Å². The number of carbonyl (C=O) groups is 2. The third-order valence-corrected chi connectivity index (χ3v) is 3.77. The van der Waals surface area contributed by atoms with Crippen molar-refractivity contribution in [3.63, 3.8) is 0 Å². The number of piperazine rings is 1. The Morgan fingerprint density at radius 2 is 1.95 bits per heavy atom. The van der Waals surface area contributed by atoms with Gasteiger partial charge in [0.1, 0.15) is 0 Å². The van der Waals surface area contributed by atoms with Crippen molar-refractivity contribution < 1.29 is 14.0 Å². The Hall–Kier alpha value is -1.62. The minimum absolute atomic E-state index is 0.00645. The predicted molar refractivity (Wildman–Crippen MR) is 68.8 cm³/mol. The number of carbonyl (C=O) groups excluding carboxylic acids is 2. The Bertz CT molecular complexity index is 457. The van der Waals surface area contributed by atoms with Crippen LogP contribution in [0.2, 0.25) is 0 Å². The van der Waals surface area contributed by atoms with Gasteiger partial charge in [-0.1, -0.05) is 0 Å². The fourth-order valence-corrected chi connectivity index (χ4v) is 2.43. The number of nitrogens with zero attached hydrogens (tertiary/aromatic N) is 2. The maximum absolute atomic E-state index is 11.9. The Morgan fingerprint density at radius 1 is 1.21 bits per heavy atom. The molecule has 0 spiro atoms. The van der Waals surface area contributed by atoms with E-state index < -0.39 is 0 Å². The van der Waals surface area contributed by atoms with Crippen molar-refractivity contribution in [3.8, 4) is 0 Å². The van der Waals surface area contributed by atoms with Gasteiger partial charge in [-0.05, 0) is 25.0 Å².